The van der Waals surface area contributed by atoms with Gasteiger partial charge in [0.15, 0.2) is 0 Å². The maximum atomic E-state index is 16.5. The number of methoxy groups -OCH3 is 2. The molecule has 0 spiro atoms. The van der Waals surface area contributed by atoms with Crippen molar-refractivity contribution in [1.82, 2.24) is 0 Å². The molecule has 0 N–H and O–H groups in total. The van der Waals surface area contributed by atoms with Crippen LogP contribution in [0.4, 0.5) is 10.0 Å². The van der Waals surface area contributed by atoms with Crippen molar-refractivity contribution in [2.75, 3.05) is 14.2 Å². The number of ether oxygens (including phenoxy) is 8. The second-order valence-electron chi connectivity index (χ2n) is 24.0. The van der Waals surface area contributed by atoms with Gasteiger partial charge in [0.1, 0.15) is 85.4 Å². The average molecular weight is 1430 g/mol. The first-order valence-corrected chi connectivity index (χ1v) is 34.1. The van der Waals surface area contributed by atoms with Crippen LogP contribution in [0, 0.1) is 45.3 Å². The minimum Gasteiger partial charge on any atom is -0.495 e. The standard InChI is InChI=1S/C83H56N6O14S2/c1-96-69-39-71(88-59(41-84)42-85)104-73(69)67-35-57-33-65-61(37-63(57)81(67,75(90)98-45-51-21-9-3-10-22-51)76(91)99-46-52-23-11-4-12-24-52)62-38-64-58(34-66(62)83(65,79(94)102-49-55-29-17-7-18-30-55)80(95)103-50-56-31-19-8-20-32-56)36-68(74-70(97-2)40-72(105-74)89-60(43-86)44-87)82(64,77(92)100-47-53-25-13-5-14-26-53)78(93)101-48-54-27-15-6-16-28-54/h3-40H,45-50H2,1-2H3. The highest BCUT2D eigenvalue weighted by Gasteiger charge is 2.65. The summed E-state index contributed by atoms with van der Waals surface area (Å²) < 4.78 is 50.2. The molecule has 0 unspecified atom stereocenters. The van der Waals surface area contributed by atoms with Gasteiger partial charge >= 0.3 is 35.8 Å². The van der Waals surface area contributed by atoms with Gasteiger partial charge in [-0.1, -0.05) is 182 Å². The highest BCUT2D eigenvalue weighted by molar-refractivity contribution is 7.17. The number of fused-ring (bicyclic) bond motifs is 5. The van der Waals surface area contributed by atoms with Gasteiger partial charge in [0.2, 0.25) is 27.7 Å². The van der Waals surface area contributed by atoms with Crippen LogP contribution in [0.5, 0.6) is 11.5 Å². The highest BCUT2D eigenvalue weighted by atomic mass is 32.1. The minimum absolute atomic E-state index is 0.0238. The quantitative estimate of drug-likeness (QED) is 0.0235. The lowest BCUT2D eigenvalue weighted by molar-refractivity contribution is -0.165. The normalized spacial score (nSPS) is 13.2. The molecule has 10 aromatic rings. The monoisotopic (exact) mass is 1420 g/mol. The first-order valence-electron chi connectivity index (χ1n) is 32.5. The van der Waals surface area contributed by atoms with Crippen molar-refractivity contribution in [3.05, 3.63) is 295 Å². The number of esters is 6. The van der Waals surface area contributed by atoms with Crippen LogP contribution >= 0.6 is 22.7 Å². The van der Waals surface area contributed by atoms with E-state index in [0.29, 0.717) is 33.4 Å². The molecule has 0 fully saturated rings. The molecule has 2 heterocycles. The average Bonchev–Trinajstić information content (AvgIpc) is 1.51. The van der Waals surface area contributed by atoms with Crippen molar-refractivity contribution in [3.8, 4) is 46.9 Å². The van der Waals surface area contributed by atoms with Crippen molar-refractivity contribution in [3.63, 3.8) is 0 Å². The van der Waals surface area contributed by atoms with Crippen LogP contribution in [0.1, 0.15) is 76.5 Å². The van der Waals surface area contributed by atoms with E-state index < -0.39 is 63.5 Å². The maximum Gasteiger partial charge on any atom is 0.333 e. The molecule has 22 heteroatoms. The second kappa shape index (κ2) is 30.3. The summed E-state index contributed by atoms with van der Waals surface area (Å²) in [5, 5.41) is 39.8. The van der Waals surface area contributed by atoms with Crippen molar-refractivity contribution >= 4 is 103 Å². The van der Waals surface area contributed by atoms with Crippen LogP contribution in [-0.4, -0.2) is 61.5 Å². The summed E-state index contributed by atoms with van der Waals surface area (Å²) in [5.41, 5.74) is -6.72. The number of thiophene rings is 2. The van der Waals surface area contributed by atoms with E-state index in [9.17, 15) is 21.0 Å². The topological polar surface area (TPSA) is 296 Å². The van der Waals surface area contributed by atoms with Gasteiger partial charge in [0, 0.05) is 23.3 Å². The number of benzene rings is 8. The number of carbonyl (C=O) groups excluding carboxylic acids is 6. The van der Waals surface area contributed by atoms with Crippen LogP contribution in [-0.2, 0) is 113 Å². The Balaban J connectivity index is 1.13. The zero-order valence-corrected chi connectivity index (χ0v) is 57.5. The molecule has 20 nitrogen and oxygen atoms in total. The third kappa shape index (κ3) is 13.1. The van der Waals surface area contributed by atoms with E-state index in [1.807, 2.05) is 0 Å². The van der Waals surface area contributed by atoms with Crippen molar-refractivity contribution < 1.29 is 66.7 Å². The summed E-state index contributed by atoms with van der Waals surface area (Å²) in [5.74, 6) is -6.97. The molecule has 0 aliphatic heterocycles. The Morgan fingerprint density at radius 3 is 0.829 bits per heavy atom. The molecule has 514 valence electrons. The van der Waals surface area contributed by atoms with E-state index in [0.717, 1.165) is 22.7 Å². The molecule has 0 radical (unpaired) electrons. The Bertz CT molecular complexity index is 4940. The molecule has 0 saturated heterocycles. The fraction of sp³-hybridized carbons (Fsp3) is 0.133. The summed E-state index contributed by atoms with van der Waals surface area (Å²) >= 11 is 1.72. The van der Waals surface area contributed by atoms with Crippen molar-refractivity contribution in [2.24, 2.45) is 9.98 Å². The summed E-state index contributed by atoms with van der Waals surface area (Å²) in [4.78, 5) is 107. The minimum atomic E-state index is -2.71. The summed E-state index contributed by atoms with van der Waals surface area (Å²) in [6, 6.07) is 67.8. The predicted molar refractivity (Wildman–Crippen MR) is 388 cm³/mol. The Hall–Kier alpha value is -13.6. The van der Waals surface area contributed by atoms with Gasteiger partial charge in [-0.25, -0.2) is 9.98 Å². The van der Waals surface area contributed by atoms with Crippen molar-refractivity contribution in [1.29, 1.82) is 21.0 Å². The molecular formula is C83H56N6O14S2. The maximum absolute atomic E-state index is 16.5. The fourth-order valence-corrected chi connectivity index (χ4v) is 15.2. The lowest BCUT2D eigenvalue weighted by atomic mass is 9.73. The van der Waals surface area contributed by atoms with Crippen LogP contribution < -0.4 is 9.47 Å². The van der Waals surface area contributed by atoms with E-state index in [4.69, 9.17) is 37.9 Å². The van der Waals surface area contributed by atoms with Gasteiger partial charge < -0.3 is 37.9 Å². The highest BCUT2D eigenvalue weighted by Crippen LogP contribution is 2.62. The molecule has 8 aromatic carbocycles. The van der Waals surface area contributed by atoms with Crippen molar-refractivity contribution in [2.45, 2.75) is 55.9 Å². The smallest absolute Gasteiger partial charge is 0.333 e. The Morgan fingerprint density at radius 2 is 0.590 bits per heavy atom. The SMILES string of the molecule is COc1cc(N=C(C#N)C#N)sc1C1=Cc2cc3c(cc2C1(C(=O)OCc1ccccc1)C(=O)OCc1ccccc1)-c1cc2c(cc1C3(C(=O)OCc1ccccc1)C(=O)OCc1ccccc1)C=C(c1sc(N=C(C#N)C#N)cc1OC)C2(C(=O)OCc1ccccc1)C(=O)OCc1ccccc1. The molecule has 3 aliphatic rings. The number of hydrogen-bond acceptors (Lipinski definition) is 22. The zero-order chi connectivity index (χ0) is 73.2. The Morgan fingerprint density at radius 1 is 0.343 bits per heavy atom. The molecule has 105 heavy (non-hydrogen) atoms. The number of aliphatic imine (C=N–C) groups is 2. The number of carbonyl (C=O) groups is 6. The van der Waals surface area contributed by atoms with E-state index in [1.54, 1.807) is 206 Å². The molecule has 0 bridgehead atoms. The molecule has 2 aromatic heterocycles. The van der Waals surface area contributed by atoms with Gasteiger partial charge in [-0.05, 0) is 114 Å². The van der Waals surface area contributed by atoms with E-state index >= 15 is 28.8 Å². The number of nitriles is 4. The van der Waals surface area contributed by atoms with E-state index in [2.05, 4.69) is 9.98 Å². The van der Waals surface area contributed by atoms with Crippen LogP contribution in [0.15, 0.2) is 228 Å². The summed E-state index contributed by atoms with van der Waals surface area (Å²) in [7, 11) is 2.66. The van der Waals surface area contributed by atoms with Gasteiger partial charge in [-0.2, -0.15) is 21.0 Å². The van der Waals surface area contributed by atoms with Gasteiger partial charge in [0.25, 0.3) is 0 Å². The van der Waals surface area contributed by atoms with E-state index in [1.165, 1.54) is 62.8 Å². The lowest BCUT2D eigenvalue weighted by Crippen LogP contribution is -2.47. The predicted octanol–water partition coefficient (Wildman–Crippen LogP) is 14.4. The third-order valence-electron chi connectivity index (χ3n) is 18.0. The zero-order valence-electron chi connectivity index (χ0n) is 55.9. The summed E-state index contributed by atoms with van der Waals surface area (Å²) in [6.07, 6.45) is 2.99. The van der Waals surface area contributed by atoms with E-state index in [-0.39, 0.29) is 127 Å². The van der Waals surface area contributed by atoms with Crippen LogP contribution in [0.3, 0.4) is 0 Å². The molecule has 13 rings (SSSR count). The molecule has 0 saturated carbocycles. The second-order valence-corrected chi connectivity index (χ2v) is 26.1. The van der Waals surface area contributed by atoms with Crippen LogP contribution in [0.25, 0.3) is 34.4 Å². The molecule has 0 amide bonds. The lowest BCUT2D eigenvalue weighted by Gasteiger charge is -2.31. The van der Waals surface area contributed by atoms with Gasteiger partial charge in [0.05, 0.1) is 24.0 Å². The summed E-state index contributed by atoms with van der Waals surface area (Å²) in [6.45, 7) is -2.32. The fourth-order valence-electron chi connectivity index (χ4n) is 13.1. The Labute approximate surface area is 609 Å². The Kier molecular flexibility index (Phi) is 20.1. The van der Waals surface area contributed by atoms with Gasteiger partial charge in [-0.3, -0.25) is 28.8 Å². The first-order chi connectivity index (χ1) is 51.2. The van der Waals surface area contributed by atoms with Crippen LogP contribution in [0.2, 0.25) is 0 Å². The third-order valence-corrected chi connectivity index (χ3v) is 20.1. The number of nitrogens with zero attached hydrogens (tertiary/aromatic N) is 6. The number of hydrogen-bond donors (Lipinski definition) is 0. The van der Waals surface area contributed by atoms with Gasteiger partial charge in [-0.15, -0.1) is 22.7 Å². The number of rotatable bonds is 24. The largest absolute Gasteiger partial charge is 0.495 e. The molecule has 0 atom stereocenters. The first kappa shape index (κ1) is 69.8. The molecular weight excluding hydrogens is 1370 g/mol. The molecule has 3 aliphatic carbocycles.